The van der Waals surface area contributed by atoms with Crippen LogP contribution in [-0.2, 0) is 0 Å². The van der Waals surface area contributed by atoms with Crippen LogP contribution in [-0.4, -0.2) is 42.5 Å². The quantitative estimate of drug-likeness (QED) is 0.727. The third-order valence-electron chi connectivity index (χ3n) is 5.81. The molecule has 4 heterocycles. The second-order valence-electron chi connectivity index (χ2n) is 8.05. The molecule has 28 heavy (non-hydrogen) atoms. The molecular weight excluding hydrogens is 354 g/mol. The maximum absolute atomic E-state index is 10.4. The van der Waals surface area contributed by atoms with Crippen LogP contribution in [0.2, 0.25) is 0 Å². The molecule has 2 aliphatic heterocycles. The molecule has 2 N–H and O–H groups in total. The van der Waals surface area contributed by atoms with Gasteiger partial charge in [0.05, 0.1) is 17.7 Å². The average molecular weight is 377 g/mol. The third-order valence-corrected chi connectivity index (χ3v) is 5.81. The zero-order valence-electron chi connectivity index (χ0n) is 15.7. The minimum absolute atomic E-state index is 0.150. The fourth-order valence-corrected chi connectivity index (χ4v) is 4.47. The van der Waals surface area contributed by atoms with E-state index >= 15 is 0 Å². The van der Waals surface area contributed by atoms with Crippen molar-refractivity contribution < 1.29 is 9.84 Å². The highest BCUT2D eigenvalue weighted by Crippen LogP contribution is 2.37. The summed E-state index contributed by atoms with van der Waals surface area (Å²) < 4.78 is 7.94. The molecule has 1 unspecified atom stereocenters. The van der Waals surface area contributed by atoms with E-state index in [-0.39, 0.29) is 17.4 Å². The van der Waals surface area contributed by atoms with Crippen molar-refractivity contribution in [2.24, 2.45) is 0 Å². The summed E-state index contributed by atoms with van der Waals surface area (Å²) in [6, 6.07) is 9.65. The molecule has 3 atom stereocenters. The van der Waals surface area contributed by atoms with Gasteiger partial charge in [-0.3, -0.25) is 0 Å². The van der Waals surface area contributed by atoms with Crippen LogP contribution >= 0.6 is 0 Å². The van der Waals surface area contributed by atoms with Crippen LogP contribution in [0, 0.1) is 0 Å². The normalized spacial score (nSPS) is 26.3. The van der Waals surface area contributed by atoms with E-state index in [1.165, 1.54) is 12.8 Å². The van der Waals surface area contributed by atoms with Gasteiger partial charge in [0, 0.05) is 48.1 Å². The van der Waals surface area contributed by atoms with Gasteiger partial charge in [-0.2, -0.15) is 0 Å². The average Bonchev–Trinajstić information content (AvgIpc) is 3.30. The molecule has 0 spiro atoms. The van der Waals surface area contributed by atoms with Crippen LogP contribution < -0.4 is 10.1 Å². The standard InChI is InChI=1S/C21H23N5O2/c1-21-7-6-14(23-21)10-16(12-21)28-20-5-4-18(24-25-20)17-3-2-15(11-19(17)27)26-9-8-22-13-26/h2-5,8-9,11,13-14,16,23,27H,6-7,10,12H2,1H3/t14?,16-,21+/m0/s1. The Morgan fingerprint density at radius 3 is 2.89 bits per heavy atom. The van der Waals surface area contributed by atoms with Crippen molar-refractivity contribution in [3.05, 3.63) is 49.1 Å². The molecular formula is C21H23N5O2. The van der Waals surface area contributed by atoms with Gasteiger partial charge in [0.2, 0.25) is 5.88 Å². The number of ether oxygens (including phenoxy) is 1. The van der Waals surface area contributed by atoms with Gasteiger partial charge in [-0.25, -0.2) is 4.98 Å². The monoisotopic (exact) mass is 377 g/mol. The molecule has 7 heteroatoms. The van der Waals surface area contributed by atoms with Crippen LogP contribution in [0.3, 0.4) is 0 Å². The van der Waals surface area contributed by atoms with Crippen LogP contribution in [0.15, 0.2) is 49.1 Å². The first-order chi connectivity index (χ1) is 13.6. The topological polar surface area (TPSA) is 85.1 Å². The summed E-state index contributed by atoms with van der Waals surface area (Å²) in [6.45, 7) is 2.27. The highest BCUT2D eigenvalue weighted by molar-refractivity contribution is 5.68. The molecule has 144 valence electrons. The summed E-state index contributed by atoms with van der Waals surface area (Å²) in [5.41, 5.74) is 2.26. The third kappa shape index (κ3) is 3.22. The fraction of sp³-hybridized carbons (Fsp3) is 0.381. The summed E-state index contributed by atoms with van der Waals surface area (Å²) in [4.78, 5) is 4.03. The van der Waals surface area contributed by atoms with E-state index in [9.17, 15) is 5.11 Å². The second kappa shape index (κ2) is 6.60. The Morgan fingerprint density at radius 2 is 2.18 bits per heavy atom. The van der Waals surface area contributed by atoms with Crippen LogP contribution in [0.25, 0.3) is 16.9 Å². The Bertz CT molecular complexity index is 973. The van der Waals surface area contributed by atoms with Gasteiger partial charge in [-0.1, -0.05) is 0 Å². The van der Waals surface area contributed by atoms with Crippen molar-refractivity contribution in [2.45, 2.75) is 50.3 Å². The van der Waals surface area contributed by atoms with Gasteiger partial charge >= 0.3 is 0 Å². The van der Waals surface area contributed by atoms with E-state index in [0.717, 1.165) is 18.5 Å². The summed E-state index contributed by atoms with van der Waals surface area (Å²) in [7, 11) is 0. The van der Waals surface area contributed by atoms with Gasteiger partial charge in [0.15, 0.2) is 0 Å². The van der Waals surface area contributed by atoms with Crippen molar-refractivity contribution in [3.8, 4) is 28.6 Å². The zero-order valence-corrected chi connectivity index (χ0v) is 15.7. The number of fused-ring (bicyclic) bond motifs is 2. The molecule has 2 saturated heterocycles. The summed E-state index contributed by atoms with van der Waals surface area (Å²) in [6.07, 6.45) is 9.80. The van der Waals surface area contributed by atoms with Gasteiger partial charge in [-0.05, 0) is 44.4 Å². The predicted octanol–water partition coefficient (Wildman–Crippen LogP) is 3.09. The van der Waals surface area contributed by atoms with Crippen molar-refractivity contribution in [3.63, 3.8) is 0 Å². The highest BCUT2D eigenvalue weighted by atomic mass is 16.5. The van der Waals surface area contributed by atoms with Crippen LogP contribution in [0.4, 0.5) is 0 Å². The number of aromatic nitrogens is 4. The maximum Gasteiger partial charge on any atom is 0.233 e. The van der Waals surface area contributed by atoms with E-state index in [1.807, 2.05) is 35.0 Å². The van der Waals surface area contributed by atoms with Gasteiger partial charge in [-0.15, -0.1) is 10.2 Å². The summed E-state index contributed by atoms with van der Waals surface area (Å²) >= 11 is 0. The smallest absolute Gasteiger partial charge is 0.233 e. The van der Waals surface area contributed by atoms with Crippen molar-refractivity contribution in [1.29, 1.82) is 0 Å². The van der Waals surface area contributed by atoms with Gasteiger partial charge in [0.1, 0.15) is 11.9 Å². The molecule has 1 aromatic carbocycles. The van der Waals surface area contributed by atoms with E-state index in [1.54, 1.807) is 18.6 Å². The fourth-order valence-electron chi connectivity index (χ4n) is 4.47. The number of hydrogen-bond acceptors (Lipinski definition) is 6. The van der Waals surface area contributed by atoms with E-state index in [0.29, 0.717) is 23.2 Å². The number of nitrogens with one attached hydrogen (secondary N) is 1. The van der Waals surface area contributed by atoms with E-state index in [4.69, 9.17) is 4.74 Å². The minimum Gasteiger partial charge on any atom is -0.507 e. The molecule has 7 nitrogen and oxygen atoms in total. The Balaban J connectivity index is 1.31. The lowest BCUT2D eigenvalue weighted by molar-refractivity contribution is 0.103. The van der Waals surface area contributed by atoms with E-state index < -0.39 is 0 Å². The SMILES string of the molecule is C[C@@]12CCC(C[C@H](Oc3ccc(-c4ccc(-n5ccnc5)cc4O)nn3)C1)N2. The van der Waals surface area contributed by atoms with Crippen molar-refractivity contribution >= 4 is 0 Å². The number of aromatic hydroxyl groups is 1. The number of hydrogen-bond donors (Lipinski definition) is 2. The Hall–Kier alpha value is -2.93. The molecule has 2 fully saturated rings. The Labute approximate surface area is 163 Å². The molecule has 0 aliphatic carbocycles. The van der Waals surface area contributed by atoms with Gasteiger partial charge in [0.25, 0.3) is 0 Å². The molecule has 5 rings (SSSR count). The first-order valence-corrected chi connectivity index (χ1v) is 9.68. The first-order valence-electron chi connectivity index (χ1n) is 9.68. The molecule has 2 aliphatic rings. The predicted molar refractivity (Wildman–Crippen MR) is 104 cm³/mol. The molecule has 0 saturated carbocycles. The number of nitrogens with zero attached hydrogens (tertiary/aromatic N) is 4. The molecule has 0 amide bonds. The highest BCUT2D eigenvalue weighted by Gasteiger charge is 2.42. The number of rotatable bonds is 4. The minimum atomic E-state index is 0.150. The molecule has 2 aromatic heterocycles. The first kappa shape index (κ1) is 17.2. The second-order valence-corrected chi connectivity index (χ2v) is 8.05. The van der Waals surface area contributed by atoms with E-state index in [2.05, 4.69) is 27.4 Å². The van der Waals surface area contributed by atoms with Crippen LogP contribution in [0.1, 0.15) is 32.6 Å². The largest absolute Gasteiger partial charge is 0.507 e. The van der Waals surface area contributed by atoms with Crippen molar-refractivity contribution in [1.82, 2.24) is 25.1 Å². The number of imidazole rings is 1. The number of benzene rings is 1. The Morgan fingerprint density at radius 1 is 1.25 bits per heavy atom. The molecule has 3 aromatic rings. The van der Waals surface area contributed by atoms with Gasteiger partial charge < -0.3 is 19.7 Å². The lowest BCUT2D eigenvalue weighted by Gasteiger charge is -2.36. The summed E-state index contributed by atoms with van der Waals surface area (Å²) in [5, 5.41) is 22.6. The lowest BCUT2D eigenvalue weighted by atomic mass is 9.91. The summed E-state index contributed by atoms with van der Waals surface area (Å²) in [5.74, 6) is 0.685. The number of phenols is 1. The molecule has 2 bridgehead atoms. The Kier molecular flexibility index (Phi) is 4.05. The number of phenolic OH excluding ortho intramolecular Hbond substituents is 1. The van der Waals surface area contributed by atoms with Crippen molar-refractivity contribution in [2.75, 3.05) is 0 Å². The molecule has 0 radical (unpaired) electrons. The van der Waals surface area contributed by atoms with Crippen LogP contribution in [0.5, 0.6) is 11.6 Å². The zero-order chi connectivity index (χ0) is 19.1. The number of piperidine rings is 1. The maximum atomic E-state index is 10.4. The lowest BCUT2D eigenvalue weighted by Crippen LogP contribution is -2.50.